The van der Waals surface area contributed by atoms with Crippen molar-refractivity contribution in [2.45, 2.75) is 11.8 Å². The quantitative estimate of drug-likeness (QED) is 0.118. The maximum absolute atomic E-state index is 11.1. The van der Waals surface area contributed by atoms with Crippen LogP contribution in [-0.4, -0.2) is 80.3 Å². The number of hydrogen-bond acceptors (Lipinski definition) is 6. The van der Waals surface area contributed by atoms with E-state index in [0.717, 1.165) is 5.56 Å². The van der Waals surface area contributed by atoms with Crippen LogP contribution in [-0.2, 0) is 10.1 Å². The first kappa shape index (κ1) is 27.7. The molecular weight excluding hydrogens is 540 g/mol. The predicted octanol–water partition coefficient (Wildman–Crippen LogP) is 4.74. The Balaban J connectivity index is 0.00000363. The molecule has 32 heavy (non-hydrogen) atoms. The average molecular weight is 557 g/mol. The number of benzene rings is 2. The minimum absolute atomic E-state index is 0. The van der Waals surface area contributed by atoms with Crippen molar-refractivity contribution in [1.82, 2.24) is 5.43 Å². The molecule has 7 nitrogen and oxygen atoms in total. The Morgan fingerprint density at radius 2 is 1.78 bits per heavy atom. The number of nitrogens with zero attached hydrogens (tertiary/aromatic N) is 1. The molecule has 0 bridgehead atoms. The molecule has 4 N–H and O–H groups in total. The second-order valence-electron chi connectivity index (χ2n) is 6.22. The van der Waals surface area contributed by atoms with Gasteiger partial charge in [-0.1, -0.05) is 29.3 Å². The average Bonchev–Trinajstić information content (AvgIpc) is 3.09. The second kappa shape index (κ2) is 11.7. The number of thiophene rings is 1. The zero-order valence-corrected chi connectivity index (χ0v) is 19.7. The van der Waals surface area contributed by atoms with Crippen LogP contribution < -0.4 is 10.7 Å². The number of thiocarbonyl (C=S) groups is 1. The van der Waals surface area contributed by atoms with Gasteiger partial charge in [-0.15, -0.1) is 11.3 Å². The third-order valence-corrected chi connectivity index (χ3v) is 6.89. The third kappa shape index (κ3) is 6.97. The molecule has 0 saturated heterocycles. The Morgan fingerprint density at radius 3 is 2.38 bits per heavy atom. The Kier molecular flexibility index (Phi) is 10.1. The van der Waals surface area contributed by atoms with Gasteiger partial charge in [0.05, 0.1) is 31.1 Å². The van der Waals surface area contributed by atoms with Gasteiger partial charge in [0.2, 0.25) is 0 Å². The van der Waals surface area contributed by atoms with E-state index in [9.17, 15) is 13.5 Å². The van der Waals surface area contributed by atoms with Gasteiger partial charge in [-0.2, -0.15) is 13.5 Å². The van der Waals surface area contributed by atoms with E-state index in [1.54, 1.807) is 30.5 Å². The zero-order valence-electron chi connectivity index (χ0n) is 15.8. The predicted molar refractivity (Wildman–Crippen MR) is 136 cm³/mol. The normalized spacial score (nSPS) is 11.6. The summed E-state index contributed by atoms with van der Waals surface area (Å²) in [5.41, 5.74) is 4.91. The molecule has 0 atom stereocenters. The van der Waals surface area contributed by atoms with Gasteiger partial charge in [-0.3, -0.25) is 9.98 Å². The molecule has 0 aliphatic heterocycles. The molecule has 0 radical (unpaired) electrons. The van der Waals surface area contributed by atoms with Gasteiger partial charge < -0.3 is 10.4 Å². The third-order valence-electron chi connectivity index (χ3n) is 4.07. The Hall–Kier alpha value is -0.574. The molecule has 0 aliphatic carbocycles. The fourth-order valence-corrected chi connectivity index (χ4v) is 4.46. The van der Waals surface area contributed by atoms with Gasteiger partial charge in [0.1, 0.15) is 5.75 Å². The summed E-state index contributed by atoms with van der Waals surface area (Å²) >= 11 is 18.5. The van der Waals surface area contributed by atoms with E-state index >= 15 is 0 Å². The SMILES string of the molecule is CC(=NNC(=S)Nc1ccc(S(=O)(=O)O)cc1)c1csc(-c2ccc(Cl)c(Cl)c2)c1O.[KH]. The molecule has 0 unspecified atom stereocenters. The monoisotopic (exact) mass is 555 g/mol. The first-order valence-corrected chi connectivity index (χ1v) is 12.0. The number of aromatic hydroxyl groups is 1. The second-order valence-corrected chi connectivity index (χ2v) is 9.74. The molecule has 1 aromatic heterocycles. The molecule has 0 amide bonds. The van der Waals surface area contributed by atoms with E-state index in [-0.39, 0.29) is 67.1 Å². The summed E-state index contributed by atoms with van der Waals surface area (Å²) in [4.78, 5) is 0.402. The topological polar surface area (TPSA) is 111 Å². The van der Waals surface area contributed by atoms with Crippen molar-refractivity contribution in [2.75, 3.05) is 5.32 Å². The van der Waals surface area contributed by atoms with E-state index in [1.165, 1.54) is 35.6 Å². The van der Waals surface area contributed by atoms with Crippen LogP contribution in [0.3, 0.4) is 0 Å². The van der Waals surface area contributed by atoms with Crippen molar-refractivity contribution >= 4 is 125 Å². The minimum atomic E-state index is -4.26. The summed E-state index contributed by atoms with van der Waals surface area (Å²) in [6.45, 7) is 1.71. The first-order valence-electron chi connectivity index (χ1n) is 8.51. The fourth-order valence-electron chi connectivity index (χ4n) is 2.51. The summed E-state index contributed by atoms with van der Waals surface area (Å²) in [5.74, 6) is 0.0612. The molecule has 2 aromatic carbocycles. The molecule has 0 fully saturated rings. The van der Waals surface area contributed by atoms with E-state index in [1.807, 2.05) is 0 Å². The molecule has 164 valence electrons. The van der Waals surface area contributed by atoms with Crippen LogP contribution in [0.25, 0.3) is 10.4 Å². The molecule has 13 heteroatoms. The molecule has 0 aliphatic rings. The Morgan fingerprint density at radius 1 is 1.12 bits per heavy atom. The van der Waals surface area contributed by atoms with Crippen molar-refractivity contribution in [3.63, 3.8) is 0 Å². The van der Waals surface area contributed by atoms with E-state index in [0.29, 0.717) is 31.9 Å². The van der Waals surface area contributed by atoms with Crippen LogP contribution in [0.4, 0.5) is 5.69 Å². The molecular formula is C19H16Cl2KN3O4S3. The van der Waals surface area contributed by atoms with Crippen molar-refractivity contribution in [1.29, 1.82) is 0 Å². The van der Waals surface area contributed by atoms with Crippen LogP contribution in [0.15, 0.2) is 57.8 Å². The van der Waals surface area contributed by atoms with Gasteiger partial charge in [-0.05, 0) is 61.1 Å². The molecule has 0 saturated carbocycles. The number of anilines is 1. The van der Waals surface area contributed by atoms with Crippen LogP contribution in [0, 0.1) is 0 Å². The number of hydrazone groups is 1. The Labute approximate surface area is 247 Å². The number of rotatable bonds is 5. The standard InChI is InChI=1S/C19H15Cl2N3O4S3.K.H/c1-10(14-9-30-18(17(14)25)11-2-7-15(20)16(21)8-11)23-24-19(29)22-12-3-5-13(6-4-12)31(26,27)28;;/h2-9,25H,1H3,(H2,22,24,29)(H,26,27,28);;. The van der Waals surface area contributed by atoms with Crippen LogP contribution in [0.1, 0.15) is 12.5 Å². The van der Waals surface area contributed by atoms with E-state index in [4.69, 9.17) is 40.0 Å². The molecule has 3 aromatic rings. The summed E-state index contributed by atoms with van der Waals surface area (Å²) < 4.78 is 31.2. The molecule has 3 rings (SSSR count). The van der Waals surface area contributed by atoms with Crippen LogP contribution in [0.2, 0.25) is 10.0 Å². The number of hydrogen-bond donors (Lipinski definition) is 4. The maximum atomic E-state index is 11.1. The van der Waals surface area contributed by atoms with Crippen molar-refractivity contribution in [3.8, 4) is 16.2 Å². The van der Waals surface area contributed by atoms with Gasteiger partial charge in [0, 0.05) is 11.1 Å². The zero-order chi connectivity index (χ0) is 22.8. The summed E-state index contributed by atoms with van der Waals surface area (Å²) in [7, 11) is -4.26. The van der Waals surface area contributed by atoms with E-state index in [2.05, 4.69) is 15.8 Å². The Bertz CT molecular complexity index is 1280. The molecule has 0 spiro atoms. The van der Waals surface area contributed by atoms with Gasteiger partial charge >= 0.3 is 51.4 Å². The number of halogens is 2. The van der Waals surface area contributed by atoms with Gasteiger partial charge in [-0.25, -0.2) is 0 Å². The van der Waals surface area contributed by atoms with Crippen molar-refractivity contribution in [3.05, 3.63) is 63.5 Å². The molecule has 1 heterocycles. The summed E-state index contributed by atoms with van der Waals surface area (Å²) in [5, 5.41) is 20.4. The van der Waals surface area contributed by atoms with Gasteiger partial charge in [0.15, 0.2) is 5.11 Å². The first-order chi connectivity index (χ1) is 14.6. The summed E-state index contributed by atoms with van der Waals surface area (Å²) in [6.07, 6.45) is 0. The summed E-state index contributed by atoms with van der Waals surface area (Å²) in [6, 6.07) is 10.5. The van der Waals surface area contributed by atoms with E-state index < -0.39 is 10.1 Å². The van der Waals surface area contributed by atoms with Crippen LogP contribution in [0.5, 0.6) is 5.75 Å². The fraction of sp³-hybridized carbons (Fsp3) is 0.0526. The number of nitrogens with one attached hydrogen (secondary N) is 2. The van der Waals surface area contributed by atoms with Crippen LogP contribution >= 0.6 is 46.8 Å². The van der Waals surface area contributed by atoms with Gasteiger partial charge in [0.25, 0.3) is 10.1 Å². The van der Waals surface area contributed by atoms with Crippen molar-refractivity contribution in [2.24, 2.45) is 5.10 Å². The van der Waals surface area contributed by atoms with Crippen molar-refractivity contribution < 1.29 is 18.1 Å².